The maximum Gasteiger partial charge on any atom is 0.264 e. The fourth-order valence-corrected chi connectivity index (χ4v) is 4.12. The number of benzene rings is 2. The van der Waals surface area contributed by atoms with Crippen LogP contribution in [0.5, 0.6) is 0 Å². The van der Waals surface area contributed by atoms with Crippen LogP contribution in [0.1, 0.15) is 21.3 Å². The number of carbonyl (C=O) groups is 1. The molecule has 1 aromatic heterocycles. The van der Waals surface area contributed by atoms with Crippen LogP contribution in [0.25, 0.3) is 10.4 Å². The number of nitrogens with zero attached hydrogens (tertiary/aromatic N) is 1. The number of ether oxygens (including phenoxy) is 1. The average Bonchev–Trinajstić information content (AvgIpc) is 3.18. The van der Waals surface area contributed by atoms with E-state index in [0.717, 1.165) is 10.4 Å². The van der Waals surface area contributed by atoms with E-state index in [0.29, 0.717) is 30.1 Å². The highest BCUT2D eigenvalue weighted by molar-refractivity contribution is 7.17. The van der Waals surface area contributed by atoms with Gasteiger partial charge in [0.1, 0.15) is 11.9 Å². The van der Waals surface area contributed by atoms with Crippen molar-refractivity contribution >= 4 is 17.2 Å². The largest absolute Gasteiger partial charge is 0.370 e. The van der Waals surface area contributed by atoms with E-state index in [1.807, 2.05) is 41.3 Å². The molecule has 0 saturated carbocycles. The van der Waals surface area contributed by atoms with E-state index in [4.69, 9.17) is 4.74 Å². The van der Waals surface area contributed by atoms with Gasteiger partial charge in [0, 0.05) is 17.0 Å². The molecule has 5 heteroatoms. The molecule has 2 heterocycles. The molecule has 1 fully saturated rings. The Morgan fingerprint density at radius 1 is 1.04 bits per heavy atom. The summed E-state index contributed by atoms with van der Waals surface area (Å²) in [4.78, 5) is 16.1. The predicted octanol–water partition coefficient (Wildman–Crippen LogP) is 4.77. The van der Waals surface area contributed by atoms with Gasteiger partial charge in [-0.2, -0.15) is 0 Å². The third-order valence-electron chi connectivity index (χ3n) is 4.48. The van der Waals surface area contributed by atoms with Gasteiger partial charge in [-0.15, -0.1) is 11.3 Å². The number of thiophene rings is 1. The Balaban J connectivity index is 1.52. The second-order valence-corrected chi connectivity index (χ2v) is 7.25. The number of hydrogen-bond acceptors (Lipinski definition) is 3. The lowest BCUT2D eigenvalue weighted by atomic mass is 10.1. The van der Waals surface area contributed by atoms with Gasteiger partial charge in [-0.05, 0) is 23.8 Å². The Kier molecular flexibility index (Phi) is 4.82. The van der Waals surface area contributed by atoms with Crippen LogP contribution < -0.4 is 0 Å². The molecule has 0 radical (unpaired) electrons. The number of hydrogen-bond donors (Lipinski definition) is 0. The molecule has 1 aliphatic rings. The van der Waals surface area contributed by atoms with Gasteiger partial charge in [0.25, 0.3) is 5.91 Å². The Labute approximate surface area is 155 Å². The van der Waals surface area contributed by atoms with Crippen LogP contribution in [-0.2, 0) is 4.74 Å². The summed E-state index contributed by atoms with van der Waals surface area (Å²) >= 11 is 1.33. The van der Waals surface area contributed by atoms with Gasteiger partial charge in [-0.3, -0.25) is 4.79 Å². The summed E-state index contributed by atoms with van der Waals surface area (Å²) in [5.74, 6) is -0.300. The minimum Gasteiger partial charge on any atom is -0.370 e. The van der Waals surface area contributed by atoms with E-state index in [1.54, 1.807) is 24.3 Å². The van der Waals surface area contributed by atoms with Crippen LogP contribution in [0.4, 0.5) is 4.39 Å². The lowest BCUT2D eigenvalue weighted by Gasteiger charge is -2.33. The van der Waals surface area contributed by atoms with Crippen molar-refractivity contribution in [2.45, 2.75) is 6.10 Å². The number of amides is 1. The Bertz CT molecular complexity index is 909. The summed E-state index contributed by atoms with van der Waals surface area (Å²) in [6, 6.07) is 20.2. The topological polar surface area (TPSA) is 29.5 Å². The molecule has 0 bridgehead atoms. The minimum absolute atomic E-state index is 0.0261. The fourth-order valence-electron chi connectivity index (χ4n) is 3.12. The average molecular weight is 367 g/mol. The zero-order valence-corrected chi connectivity index (χ0v) is 14.9. The van der Waals surface area contributed by atoms with Gasteiger partial charge in [-0.1, -0.05) is 48.5 Å². The molecular formula is C21H18FNO2S. The van der Waals surface area contributed by atoms with E-state index in [2.05, 4.69) is 0 Å². The summed E-state index contributed by atoms with van der Waals surface area (Å²) in [7, 11) is 0. The first-order valence-corrected chi connectivity index (χ1v) is 9.34. The van der Waals surface area contributed by atoms with E-state index in [9.17, 15) is 9.18 Å². The lowest BCUT2D eigenvalue weighted by Crippen LogP contribution is -2.42. The minimum atomic E-state index is -0.274. The first-order chi connectivity index (χ1) is 12.7. The fraction of sp³-hybridized carbons (Fsp3) is 0.190. The highest BCUT2D eigenvalue weighted by atomic mass is 32.1. The van der Waals surface area contributed by atoms with Crippen LogP contribution in [0.2, 0.25) is 0 Å². The van der Waals surface area contributed by atoms with E-state index in [-0.39, 0.29) is 17.8 Å². The molecule has 0 unspecified atom stereocenters. The Hall–Kier alpha value is -2.50. The van der Waals surface area contributed by atoms with E-state index < -0.39 is 0 Å². The maximum atomic E-state index is 14.0. The van der Waals surface area contributed by atoms with E-state index >= 15 is 0 Å². The van der Waals surface area contributed by atoms with Crippen molar-refractivity contribution in [3.8, 4) is 10.4 Å². The number of rotatable bonds is 3. The molecule has 0 aliphatic carbocycles. The molecule has 1 amide bonds. The van der Waals surface area contributed by atoms with Crippen LogP contribution in [-0.4, -0.2) is 30.5 Å². The van der Waals surface area contributed by atoms with Gasteiger partial charge in [0.15, 0.2) is 0 Å². The molecule has 0 N–H and O–H groups in total. The molecule has 0 spiro atoms. The van der Waals surface area contributed by atoms with Crippen molar-refractivity contribution in [2.24, 2.45) is 0 Å². The number of morpholine rings is 1. The SMILES string of the molecule is O=C(c1ccc(-c2ccccc2F)s1)N1CCO[C@H](c2ccccc2)C1. The monoisotopic (exact) mass is 367 g/mol. The maximum absolute atomic E-state index is 14.0. The highest BCUT2D eigenvalue weighted by Gasteiger charge is 2.27. The van der Waals surface area contributed by atoms with Gasteiger partial charge < -0.3 is 9.64 Å². The second kappa shape index (κ2) is 7.40. The smallest absolute Gasteiger partial charge is 0.264 e. The third-order valence-corrected chi connectivity index (χ3v) is 5.59. The van der Waals surface area contributed by atoms with Gasteiger partial charge in [-0.25, -0.2) is 4.39 Å². The predicted molar refractivity (Wildman–Crippen MR) is 101 cm³/mol. The first-order valence-electron chi connectivity index (χ1n) is 8.53. The van der Waals surface area contributed by atoms with Gasteiger partial charge in [0.05, 0.1) is 18.0 Å². The lowest BCUT2D eigenvalue weighted by molar-refractivity contribution is -0.0226. The van der Waals surface area contributed by atoms with Crippen LogP contribution in [0.3, 0.4) is 0 Å². The quantitative estimate of drug-likeness (QED) is 0.667. The summed E-state index contributed by atoms with van der Waals surface area (Å²) in [5, 5.41) is 0. The van der Waals surface area contributed by atoms with Crippen molar-refractivity contribution in [1.82, 2.24) is 4.90 Å². The zero-order chi connectivity index (χ0) is 17.9. The van der Waals surface area contributed by atoms with Crippen molar-refractivity contribution in [3.63, 3.8) is 0 Å². The Morgan fingerprint density at radius 2 is 1.81 bits per heavy atom. The van der Waals surface area contributed by atoms with Crippen molar-refractivity contribution in [1.29, 1.82) is 0 Å². The summed E-state index contributed by atoms with van der Waals surface area (Å²) in [5.41, 5.74) is 1.60. The van der Waals surface area contributed by atoms with Gasteiger partial charge >= 0.3 is 0 Å². The highest BCUT2D eigenvalue weighted by Crippen LogP contribution is 2.31. The molecule has 2 aromatic carbocycles. The molecular weight excluding hydrogens is 349 g/mol. The number of halogens is 1. The molecule has 3 aromatic rings. The first kappa shape index (κ1) is 16.9. The normalized spacial score (nSPS) is 17.3. The zero-order valence-electron chi connectivity index (χ0n) is 14.1. The Morgan fingerprint density at radius 3 is 2.62 bits per heavy atom. The molecule has 3 nitrogen and oxygen atoms in total. The summed E-state index contributed by atoms with van der Waals surface area (Å²) in [6.45, 7) is 1.60. The molecule has 1 saturated heterocycles. The number of carbonyl (C=O) groups excluding carboxylic acids is 1. The molecule has 1 aliphatic heterocycles. The van der Waals surface area contributed by atoms with Crippen LogP contribution >= 0.6 is 11.3 Å². The molecule has 132 valence electrons. The van der Waals surface area contributed by atoms with Crippen molar-refractivity contribution in [3.05, 3.63) is 83.0 Å². The van der Waals surface area contributed by atoms with Crippen LogP contribution in [0.15, 0.2) is 66.7 Å². The third kappa shape index (κ3) is 3.41. The van der Waals surface area contributed by atoms with Gasteiger partial charge in [0.2, 0.25) is 0 Å². The van der Waals surface area contributed by atoms with Crippen LogP contribution in [0, 0.1) is 5.82 Å². The van der Waals surface area contributed by atoms with E-state index in [1.165, 1.54) is 17.4 Å². The molecule has 26 heavy (non-hydrogen) atoms. The standard InChI is InChI=1S/C21H18FNO2S/c22-17-9-5-4-8-16(17)19-10-11-20(26-19)21(24)23-12-13-25-18(14-23)15-6-2-1-3-7-15/h1-11,18H,12-14H2/t18-/m0/s1. The second-order valence-electron chi connectivity index (χ2n) is 6.17. The summed E-state index contributed by atoms with van der Waals surface area (Å²) < 4.78 is 19.8. The van der Waals surface area contributed by atoms with Crippen molar-refractivity contribution < 1.29 is 13.9 Å². The summed E-state index contributed by atoms with van der Waals surface area (Å²) in [6.07, 6.45) is -0.111. The molecule has 4 rings (SSSR count). The molecule has 1 atom stereocenters. The van der Waals surface area contributed by atoms with Crippen molar-refractivity contribution in [2.75, 3.05) is 19.7 Å².